The number of halogens is 2. The third-order valence-corrected chi connectivity index (χ3v) is 3.87. The van der Waals surface area contributed by atoms with Gasteiger partial charge in [-0.15, -0.1) is 0 Å². The van der Waals surface area contributed by atoms with Gasteiger partial charge in [0.25, 0.3) is 0 Å². The Morgan fingerprint density at radius 3 is 2.29 bits per heavy atom. The lowest BCUT2D eigenvalue weighted by Crippen LogP contribution is -1.81. The third kappa shape index (κ3) is 1.06. The Balaban J connectivity index is 2.60. The van der Waals surface area contributed by atoms with Gasteiger partial charge < -0.3 is 0 Å². The van der Waals surface area contributed by atoms with Crippen molar-refractivity contribution < 1.29 is 0 Å². The van der Waals surface area contributed by atoms with Gasteiger partial charge in [0.15, 0.2) is 0 Å². The molecule has 0 fully saturated rings. The molecule has 70 valence electrons. The maximum absolute atomic E-state index is 6.20. The molecule has 1 aliphatic rings. The maximum atomic E-state index is 6.20. The Labute approximate surface area is 96.0 Å². The summed E-state index contributed by atoms with van der Waals surface area (Å²) in [6.07, 6.45) is 2.30. The molecule has 0 atom stereocenters. The van der Waals surface area contributed by atoms with Gasteiger partial charge in [-0.05, 0) is 41.5 Å². The Morgan fingerprint density at radius 2 is 1.57 bits per heavy atom. The molecule has 2 heteroatoms. The zero-order chi connectivity index (χ0) is 9.71. The average molecular weight is 268 g/mol. The zero-order valence-corrected chi connectivity index (χ0v) is 9.82. The molecule has 2 aromatic rings. The van der Waals surface area contributed by atoms with Gasteiger partial charge in [0.1, 0.15) is 0 Å². The van der Waals surface area contributed by atoms with Gasteiger partial charge in [0.2, 0.25) is 0 Å². The van der Waals surface area contributed by atoms with Gasteiger partial charge in [-0.1, -0.05) is 39.7 Å². The highest BCUT2D eigenvalue weighted by atomic mass is 79.9. The quantitative estimate of drug-likeness (QED) is 0.665. The van der Waals surface area contributed by atoms with Gasteiger partial charge in [0, 0.05) is 14.9 Å². The van der Waals surface area contributed by atoms with Crippen LogP contribution in [0.4, 0.5) is 0 Å². The third-order valence-electron chi connectivity index (χ3n) is 2.90. The summed E-state index contributed by atoms with van der Waals surface area (Å²) in [4.78, 5) is 0. The topological polar surface area (TPSA) is 0 Å². The molecule has 0 heterocycles. The van der Waals surface area contributed by atoms with Crippen LogP contribution in [0.15, 0.2) is 28.7 Å². The minimum atomic E-state index is 0.847. The van der Waals surface area contributed by atoms with Crippen LogP contribution in [-0.4, -0.2) is 0 Å². The molecule has 0 amide bonds. The van der Waals surface area contributed by atoms with Crippen LogP contribution >= 0.6 is 27.5 Å². The Morgan fingerprint density at radius 1 is 0.929 bits per heavy atom. The van der Waals surface area contributed by atoms with Crippen molar-refractivity contribution in [3.63, 3.8) is 0 Å². The zero-order valence-electron chi connectivity index (χ0n) is 7.48. The highest BCUT2D eigenvalue weighted by Crippen LogP contribution is 2.38. The van der Waals surface area contributed by atoms with Crippen LogP contribution < -0.4 is 0 Å². The Kier molecular flexibility index (Phi) is 1.86. The van der Waals surface area contributed by atoms with E-state index in [0.717, 1.165) is 22.3 Å². The lowest BCUT2D eigenvalue weighted by Gasteiger charge is -2.05. The summed E-state index contributed by atoms with van der Waals surface area (Å²) in [7, 11) is 0. The summed E-state index contributed by atoms with van der Waals surface area (Å²) in [6.45, 7) is 0. The second kappa shape index (κ2) is 2.98. The molecular weight excluding hydrogens is 259 g/mol. The fourth-order valence-corrected chi connectivity index (χ4v) is 3.16. The summed E-state index contributed by atoms with van der Waals surface area (Å²) in [5.41, 5.74) is 2.86. The van der Waals surface area contributed by atoms with Crippen molar-refractivity contribution >= 4 is 38.3 Å². The van der Waals surface area contributed by atoms with Crippen molar-refractivity contribution in [3.05, 3.63) is 44.9 Å². The largest absolute Gasteiger partial charge is 0.0836 e. The summed E-state index contributed by atoms with van der Waals surface area (Å²) < 4.78 is 1.10. The highest BCUT2D eigenvalue weighted by Gasteiger charge is 2.16. The SMILES string of the molecule is Clc1ccc2c3c(ccc(Br)c13)CC2. The van der Waals surface area contributed by atoms with E-state index in [0.29, 0.717) is 0 Å². The standard InChI is InChI=1S/C12H8BrCl/c13-9-5-3-7-1-2-8-4-6-10(14)12(9)11(7)8/h3-6H,1-2H2. The van der Waals surface area contributed by atoms with Crippen LogP contribution in [0, 0.1) is 0 Å². The van der Waals surface area contributed by atoms with E-state index >= 15 is 0 Å². The summed E-state index contributed by atoms with van der Waals surface area (Å²) in [6, 6.07) is 8.44. The second-order valence-corrected chi connectivity index (χ2v) is 4.92. The maximum Gasteiger partial charge on any atom is 0.0496 e. The van der Waals surface area contributed by atoms with Crippen LogP contribution in [0.2, 0.25) is 5.02 Å². The summed E-state index contributed by atoms with van der Waals surface area (Å²) in [5, 5.41) is 3.39. The van der Waals surface area contributed by atoms with Gasteiger partial charge in [-0.2, -0.15) is 0 Å². The molecule has 0 spiro atoms. The highest BCUT2D eigenvalue weighted by molar-refractivity contribution is 9.10. The number of benzene rings is 2. The van der Waals surface area contributed by atoms with Crippen LogP contribution in [0.1, 0.15) is 11.1 Å². The van der Waals surface area contributed by atoms with E-state index in [4.69, 9.17) is 11.6 Å². The molecule has 0 nitrogen and oxygen atoms in total. The first kappa shape index (κ1) is 8.75. The Hall–Kier alpha value is -0.530. The first-order valence-corrected chi connectivity index (χ1v) is 5.83. The second-order valence-electron chi connectivity index (χ2n) is 3.66. The van der Waals surface area contributed by atoms with Crippen LogP contribution in [0.25, 0.3) is 10.8 Å². The van der Waals surface area contributed by atoms with E-state index < -0.39 is 0 Å². The number of aryl methyl sites for hydroxylation is 2. The molecule has 3 rings (SSSR count). The van der Waals surface area contributed by atoms with Crippen molar-refractivity contribution in [1.29, 1.82) is 0 Å². The van der Waals surface area contributed by atoms with Crippen molar-refractivity contribution in [2.45, 2.75) is 12.8 Å². The first-order valence-electron chi connectivity index (χ1n) is 4.66. The molecule has 0 radical (unpaired) electrons. The number of hydrogen-bond donors (Lipinski definition) is 0. The lowest BCUT2D eigenvalue weighted by molar-refractivity contribution is 1.02. The van der Waals surface area contributed by atoms with E-state index in [1.807, 2.05) is 6.07 Å². The van der Waals surface area contributed by atoms with Gasteiger partial charge in [-0.3, -0.25) is 0 Å². The molecular formula is C12H8BrCl. The predicted molar refractivity (Wildman–Crippen MR) is 64.1 cm³/mol. The molecule has 1 aliphatic carbocycles. The molecule has 0 bridgehead atoms. The molecule has 14 heavy (non-hydrogen) atoms. The van der Waals surface area contributed by atoms with E-state index in [1.54, 1.807) is 0 Å². The lowest BCUT2D eigenvalue weighted by atomic mass is 10.1. The molecule has 0 aromatic heterocycles. The minimum absolute atomic E-state index is 0.847. The van der Waals surface area contributed by atoms with Crippen LogP contribution in [0.5, 0.6) is 0 Å². The molecule has 0 saturated heterocycles. The smallest absolute Gasteiger partial charge is 0.0496 e. The first-order chi connectivity index (χ1) is 6.77. The Bertz CT molecular complexity index is 487. The van der Waals surface area contributed by atoms with Crippen molar-refractivity contribution in [1.82, 2.24) is 0 Å². The fraction of sp³-hybridized carbons (Fsp3) is 0.167. The normalized spacial score (nSPS) is 13.9. The number of rotatable bonds is 0. The van der Waals surface area contributed by atoms with Gasteiger partial charge in [0.05, 0.1) is 0 Å². The van der Waals surface area contributed by atoms with Gasteiger partial charge >= 0.3 is 0 Å². The van der Waals surface area contributed by atoms with Crippen molar-refractivity contribution in [2.75, 3.05) is 0 Å². The monoisotopic (exact) mass is 266 g/mol. The van der Waals surface area contributed by atoms with Gasteiger partial charge in [-0.25, -0.2) is 0 Å². The molecule has 0 aliphatic heterocycles. The van der Waals surface area contributed by atoms with E-state index in [-0.39, 0.29) is 0 Å². The average Bonchev–Trinajstić information content (AvgIpc) is 2.58. The summed E-state index contributed by atoms with van der Waals surface area (Å²) >= 11 is 9.76. The number of hydrogen-bond acceptors (Lipinski definition) is 0. The molecule has 2 aromatic carbocycles. The minimum Gasteiger partial charge on any atom is -0.0836 e. The molecule has 0 N–H and O–H groups in total. The van der Waals surface area contributed by atoms with E-state index in [9.17, 15) is 0 Å². The van der Waals surface area contributed by atoms with Crippen LogP contribution in [-0.2, 0) is 12.8 Å². The van der Waals surface area contributed by atoms with Crippen LogP contribution in [0.3, 0.4) is 0 Å². The van der Waals surface area contributed by atoms with E-state index in [2.05, 4.69) is 34.1 Å². The van der Waals surface area contributed by atoms with Crippen molar-refractivity contribution in [2.24, 2.45) is 0 Å². The fourth-order valence-electron chi connectivity index (χ4n) is 2.25. The molecule has 0 unspecified atom stereocenters. The van der Waals surface area contributed by atoms with E-state index in [1.165, 1.54) is 21.9 Å². The predicted octanol–water partition coefficient (Wildman–Crippen LogP) is 4.35. The summed E-state index contributed by atoms with van der Waals surface area (Å²) in [5.74, 6) is 0. The molecule has 0 saturated carbocycles. The van der Waals surface area contributed by atoms with Crippen molar-refractivity contribution in [3.8, 4) is 0 Å².